The average molecular weight is 311 g/mol. The average Bonchev–Trinajstić information content (AvgIpc) is 2.38. The molecule has 1 heterocycles. The molecule has 1 aliphatic heterocycles. The number of hydrogen-bond acceptors (Lipinski definition) is 2. The Morgan fingerprint density at radius 2 is 1.94 bits per heavy atom. The summed E-state index contributed by atoms with van der Waals surface area (Å²) < 4.78 is 1.03. The third kappa shape index (κ3) is 3.12. The first-order chi connectivity index (χ1) is 8.58. The van der Waals surface area contributed by atoms with E-state index in [0.717, 1.165) is 36.2 Å². The molecule has 1 fully saturated rings. The van der Waals surface area contributed by atoms with Crippen molar-refractivity contribution in [3.05, 3.63) is 34.3 Å². The maximum absolute atomic E-state index is 12.4. The maximum Gasteiger partial charge on any atom is 0.229 e. The van der Waals surface area contributed by atoms with Crippen molar-refractivity contribution in [1.82, 2.24) is 9.80 Å². The van der Waals surface area contributed by atoms with Gasteiger partial charge in [-0.2, -0.15) is 0 Å². The van der Waals surface area contributed by atoms with Crippen LogP contribution in [0.1, 0.15) is 18.4 Å². The maximum atomic E-state index is 12.4. The Balaban J connectivity index is 2.04. The van der Waals surface area contributed by atoms with Gasteiger partial charge in [-0.3, -0.25) is 4.79 Å². The van der Waals surface area contributed by atoms with Gasteiger partial charge in [0.2, 0.25) is 5.91 Å². The number of halogens is 1. The highest BCUT2D eigenvalue weighted by Crippen LogP contribution is 2.22. The van der Waals surface area contributed by atoms with Crippen molar-refractivity contribution in [3.8, 4) is 0 Å². The molecule has 4 heteroatoms. The summed E-state index contributed by atoms with van der Waals surface area (Å²) >= 11 is 3.45. The molecule has 0 aliphatic carbocycles. The van der Waals surface area contributed by atoms with E-state index < -0.39 is 0 Å². The van der Waals surface area contributed by atoms with Gasteiger partial charge in [0, 0.05) is 30.7 Å². The molecule has 1 saturated heterocycles. The topological polar surface area (TPSA) is 23.6 Å². The number of piperazine rings is 1. The van der Waals surface area contributed by atoms with Crippen LogP contribution in [0.2, 0.25) is 0 Å². The van der Waals surface area contributed by atoms with E-state index in [2.05, 4.69) is 27.9 Å². The Labute approximate surface area is 117 Å². The smallest absolute Gasteiger partial charge is 0.229 e. The largest absolute Gasteiger partial charge is 0.340 e. The van der Waals surface area contributed by atoms with Crippen LogP contribution in [0.15, 0.2) is 28.7 Å². The molecule has 98 valence electrons. The fourth-order valence-corrected chi connectivity index (χ4v) is 2.64. The van der Waals surface area contributed by atoms with E-state index in [1.54, 1.807) is 0 Å². The number of rotatable bonds is 2. The second kappa shape index (κ2) is 5.85. The number of carbonyl (C=O) groups excluding carboxylic acids is 1. The molecule has 1 atom stereocenters. The van der Waals surface area contributed by atoms with Crippen LogP contribution < -0.4 is 0 Å². The van der Waals surface area contributed by atoms with E-state index in [-0.39, 0.29) is 11.8 Å². The van der Waals surface area contributed by atoms with Crippen LogP contribution in [0.4, 0.5) is 0 Å². The summed E-state index contributed by atoms with van der Waals surface area (Å²) in [6.45, 7) is 5.61. The number of hydrogen-bond donors (Lipinski definition) is 0. The number of benzene rings is 1. The lowest BCUT2D eigenvalue weighted by molar-refractivity contribution is -0.134. The predicted octanol–water partition coefficient (Wildman–Crippen LogP) is 2.33. The summed E-state index contributed by atoms with van der Waals surface area (Å²) in [6, 6.07) is 8.01. The minimum Gasteiger partial charge on any atom is -0.340 e. The van der Waals surface area contributed by atoms with Crippen LogP contribution in [0.25, 0.3) is 0 Å². The first-order valence-electron chi connectivity index (χ1n) is 6.30. The number of likely N-dealkylation sites (N-methyl/N-ethyl adjacent to an activating group) is 1. The zero-order valence-electron chi connectivity index (χ0n) is 10.9. The van der Waals surface area contributed by atoms with E-state index in [1.165, 1.54) is 0 Å². The van der Waals surface area contributed by atoms with Gasteiger partial charge in [-0.25, -0.2) is 0 Å². The molecule has 0 radical (unpaired) electrons. The van der Waals surface area contributed by atoms with E-state index in [9.17, 15) is 4.79 Å². The first-order valence-corrected chi connectivity index (χ1v) is 7.10. The zero-order chi connectivity index (χ0) is 13.1. The molecule has 1 amide bonds. The van der Waals surface area contributed by atoms with Gasteiger partial charge in [0.05, 0.1) is 5.92 Å². The highest BCUT2D eigenvalue weighted by Gasteiger charge is 2.24. The molecule has 0 N–H and O–H groups in total. The second-order valence-electron chi connectivity index (χ2n) is 4.91. The minimum absolute atomic E-state index is 0.0640. The zero-order valence-corrected chi connectivity index (χ0v) is 12.5. The molecule has 1 aliphatic rings. The molecule has 2 rings (SSSR count). The molecule has 0 saturated carbocycles. The predicted molar refractivity (Wildman–Crippen MR) is 76.6 cm³/mol. The van der Waals surface area contributed by atoms with Crippen molar-refractivity contribution in [1.29, 1.82) is 0 Å². The second-order valence-corrected chi connectivity index (χ2v) is 5.82. The SMILES string of the molecule is CC(C(=O)N1CCN(C)CC1)c1cccc(Br)c1. The van der Waals surface area contributed by atoms with Crippen LogP contribution in [0.5, 0.6) is 0 Å². The van der Waals surface area contributed by atoms with Gasteiger partial charge >= 0.3 is 0 Å². The van der Waals surface area contributed by atoms with Gasteiger partial charge in [0.15, 0.2) is 0 Å². The number of carbonyl (C=O) groups is 1. The summed E-state index contributed by atoms with van der Waals surface area (Å²) in [5.41, 5.74) is 1.08. The summed E-state index contributed by atoms with van der Waals surface area (Å²) in [7, 11) is 2.10. The van der Waals surface area contributed by atoms with Crippen molar-refractivity contribution >= 4 is 21.8 Å². The van der Waals surface area contributed by atoms with Crippen molar-refractivity contribution in [2.75, 3.05) is 33.2 Å². The Bertz CT molecular complexity index is 428. The number of nitrogens with zero attached hydrogens (tertiary/aromatic N) is 2. The summed E-state index contributed by atoms with van der Waals surface area (Å²) in [4.78, 5) is 16.6. The number of amides is 1. The molecular formula is C14H19BrN2O. The molecule has 1 unspecified atom stereocenters. The lowest BCUT2D eigenvalue weighted by Gasteiger charge is -2.34. The molecule has 1 aromatic rings. The van der Waals surface area contributed by atoms with Gasteiger partial charge in [0.1, 0.15) is 0 Å². The van der Waals surface area contributed by atoms with E-state index >= 15 is 0 Å². The lowest BCUT2D eigenvalue weighted by atomic mass is 9.99. The fraction of sp³-hybridized carbons (Fsp3) is 0.500. The fourth-order valence-electron chi connectivity index (χ4n) is 2.22. The molecule has 3 nitrogen and oxygen atoms in total. The van der Waals surface area contributed by atoms with Crippen LogP contribution in [0, 0.1) is 0 Å². The van der Waals surface area contributed by atoms with Gasteiger partial charge in [-0.1, -0.05) is 28.1 Å². The summed E-state index contributed by atoms with van der Waals surface area (Å²) in [5.74, 6) is 0.173. The third-order valence-electron chi connectivity index (χ3n) is 3.53. The Morgan fingerprint density at radius 1 is 1.28 bits per heavy atom. The highest BCUT2D eigenvalue weighted by molar-refractivity contribution is 9.10. The van der Waals surface area contributed by atoms with Crippen molar-refractivity contribution in [3.63, 3.8) is 0 Å². The minimum atomic E-state index is -0.0640. The lowest BCUT2D eigenvalue weighted by Crippen LogP contribution is -2.48. The molecule has 18 heavy (non-hydrogen) atoms. The van der Waals surface area contributed by atoms with Gasteiger partial charge in [-0.15, -0.1) is 0 Å². The molecule has 0 aromatic heterocycles. The molecule has 0 bridgehead atoms. The summed E-state index contributed by atoms with van der Waals surface area (Å²) in [5, 5.41) is 0. The molecule has 1 aromatic carbocycles. The Morgan fingerprint density at radius 3 is 2.56 bits per heavy atom. The first kappa shape index (κ1) is 13.6. The van der Waals surface area contributed by atoms with Gasteiger partial charge in [0.25, 0.3) is 0 Å². The standard InChI is InChI=1S/C14H19BrN2O/c1-11(12-4-3-5-13(15)10-12)14(18)17-8-6-16(2)7-9-17/h3-5,10-11H,6-9H2,1-2H3. The highest BCUT2D eigenvalue weighted by atomic mass is 79.9. The molecular weight excluding hydrogens is 292 g/mol. The van der Waals surface area contributed by atoms with Crippen LogP contribution in [-0.2, 0) is 4.79 Å². The van der Waals surface area contributed by atoms with Crippen molar-refractivity contribution < 1.29 is 4.79 Å². The van der Waals surface area contributed by atoms with E-state index in [1.807, 2.05) is 36.1 Å². The summed E-state index contributed by atoms with van der Waals surface area (Å²) in [6.07, 6.45) is 0. The van der Waals surface area contributed by atoms with Crippen LogP contribution in [0.3, 0.4) is 0 Å². The monoisotopic (exact) mass is 310 g/mol. The van der Waals surface area contributed by atoms with Crippen molar-refractivity contribution in [2.24, 2.45) is 0 Å². The Kier molecular flexibility index (Phi) is 4.40. The normalized spacial score (nSPS) is 18.7. The van der Waals surface area contributed by atoms with Crippen LogP contribution in [-0.4, -0.2) is 48.9 Å². The van der Waals surface area contributed by atoms with Gasteiger partial charge < -0.3 is 9.80 Å². The van der Waals surface area contributed by atoms with E-state index in [4.69, 9.17) is 0 Å². The molecule has 0 spiro atoms. The Hall–Kier alpha value is -0.870. The van der Waals surface area contributed by atoms with E-state index in [0.29, 0.717) is 0 Å². The quantitative estimate of drug-likeness (QED) is 0.837. The van der Waals surface area contributed by atoms with Crippen LogP contribution >= 0.6 is 15.9 Å². The third-order valence-corrected chi connectivity index (χ3v) is 4.03. The van der Waals surface area contributed by atoms with Crippen molar-refractivity contribution in [2.45, 2.75) is 12.8 Å². The van der Waals surface area contributed by atoms with Gasteiger partial charge in [-0.05, 0) is 31.7 Å².